The molecule has 0 radical (unpaired) electrons. The topological polar surface area (TPSA) is 12.9 Å². The summed E-state index contributed by atoms with van der Waals surface area (Å²) in [6.45, 7) is 6.52. The zero-order chi connectivity index (χ0) is 10.4. The Balaban J connectivity index is 2.18. The van der Waals surface area contributed by atoms with Crippen molar-refractivity contribution in [3.8, 4) is 0 Å². The van der Waals surface area contributed by atoms with Crippen LogP contribution in [0.25, 0.3) is 0 Å². The van der Waals surface area contributed by atoms with Crippen LogP contribution in [0.3, 0.4) is 0 Å². The van der Waals surface area contributed by atoms with E-state index >= 15 is 0 Å². The Morgan fingerprint density at radius 3 is 2.36 bits per heavy atom. The van der Waals surface area contributed by atoms with Gasteiger partial charge in [-0.2, -0.15) is 0 Å². The Morgan fingerprint density at radius 1 is 1.07 bits per heavy atom. The fourth-order valence-electron chi connectivity index (χ4n) is 1.53. The van der Waals surface area contributed by atoms with Crippen LogP contribution in [-0.2, 0) is 6.42 Å². The lowest BCUT2D eigenvalue weighted by atomic mass is 10.1. The Morgan fingerprint density at radius 2 is 1.79 bits per heavy atom. The van der Waals surface area contributed by atoms with Crippen LogP contribution in [0.2, 0.25) is 0 Å². The Labute approximate surface area is 91.6 Å². The molecular weight excluding hydrogens is 190 g/mol. The largest absolute Gasteiger partial charge is 0.246 e. The SMILES string of the molecule is CCCCCCCc1nc(C)c(C)s1. The van der Waals surface area contributed by atoms with Crippen molar-refractivity contribution in [1.82, 2.24) is 4.98 Å². The van der Waals surface area contributed by atoms with Crippen LogP contribution in [0.5, 0.6) is 0 Å². The average Bonchev–Trinajstić information content (AvgIpc) is 2.46. The van der Waals surface area contributed by atoms with Crippen molar-refractivity contribution in [3.05, 3.63) is 15.6 Å². The number of unbranched alkanes of at least 4 members (excludes halogenated alkanes) is 4. The maximum atomic E-state index is 4.55. The lowest BCUT2D eigenvalue weighted by Crippen LogP contribution is -1.85. The van der Waals surface area contributed by atoms with Crippen molar-refractivity contribution < 1.29 is 0 Å². The molecule has 0 unspecified atom stereocenters. The van der Waals surface area contributed by atoms with E-state index in [4.69, 9.17) is 0 Å². The van der Waals surface area contributed by atoms with Crippen molar-refractivity contribution >= 4 is 11.3 Å². The summed E-state index contributed by atoms with van der Waals surface area (Å²) in [5.41, 5.74) is 1.22. The monoisotopic (exact) mass is 211 g/mol. The molecule has 0 N–H and O–H groups in total. The third-order valence-corrected chi connectivity index (χ3v) is 3.70. The molecule has 1 aromatic heterocycles. The highest BCUT2D eigenvalue weighted by Gasteiger charge is 2.02. The Kier molecular flexibility index (Phi) is 5.16. The Bertz CT molecular complexity index is 246. The molecule has 0 amide bonds. The standard InChI is InChI=1S/C12H21NS/c1-4-5-6-7-8-9-12-13-10(2)11(3)14-12/h4-9H2,1-3H3. The highest BCUT2D eigenvalue weighted by Crippen LogP contribution is 2.18. The summed E-state index contributed by atoms with van der Waals surface area (Å²) >= 11 is 1.87. The minimum absolute atomic E-state index is 1.18. The van der Waals surface area contributed by atoms with E-state index in [1.165, 1.54) is 54.1 Å². The van der Waals surface area contributed by atoms with Gasteiger partial charge in [0.1, 0.15) is 0 Å². The summed E-state index contributed by atoms with van der Waals surface area (Å²) in [5, 5.41) is 1.33. The lowest BCUT2D eigenvalue weighted by Gasteiger charge is -1.97. The maximum Gasteiger partial charge on any atom is 0.0930 e. The van der Waals surface area contributed by atoms with Gasteiger partial charge in [-0.25, -0.2) is 4.98 Å². The first-order valence-corrected chi connectivity index (χ1v) is 6.48. The van der Waals surface area contributed by atoms with Gasteiger partial charge in [-0.05, 0) is 26.7 Å². The molecule has 1 heterocycles. The van der Waals surface area contributed by atoms with Gasteiger partial charge in [-0.1, -0.05) is 32.6 Å². The van der Waals surface area contributed by atoms with Crippen LogP contribution < -0.4 is 0 Å². The molecular formula is C12H21NS. The molecule has 1 rings (SSSR count). The number of hydrogen-bond acceptors (Lipinski definition) is 2. The van der Waals surface area contributed by atoms with E-state index in [1.54, 1.807) is 0 Å². The smallest absolute Gasteiger partial charge is 0.0930 e. The van der Waals surface area contributed by atoms with Crippen LogP contribution in [-0.4, -0.2) is 4.98 Å². The number of hydrogen-bond donors (Lipinski definition) is 0. The van der Waals surface area contributed by atoms with Crippen LogP contribution in [0.1, 0.15) is 54.6 Å². The second-order valence-corrected chi connectivity index (χ2v) is 5.20. The quantitative estimate of drug-likeness (QED) is 0.640. The molecule has 0 saturated carbocycles. The van der Waals surface area contributed by atoms with Gasteiger partial charge in [0, 0.05) is 4.88 Å². The number of rotatable bonds is 6. The number of thiazole rings is 1. The van der Waals surface area contributed by atoms with E-state index in [2.05, 4.69) is 25.8 Å². The highest BCUT2D eigenvalue weighted by molar-refractivity contribution is 7.11. The number of aryl methyl sites for hydroxylation is 3. The zero-order valence-electron chi connectivity index (χ0n) is 9.60. The summed E-state index contributed by atoms with van der Waals surface area (Å²) in [6, 6.07) is 0. The zero-order valence-corrected chi connectivity index (χ0v) is 10.4. The minimum Gasteiger partial charge on any atom is -0.246 e. The van der Waals surface area contributed by atoms with E-state index in [0.29, 0.717) is 0 Å². The van der Waals surface area contributed by atoms with Gasteiger partial charge in [-0.15, -0.1) is 11.3 Å². The van der Waals surface area contributed by atoms with Gasteiger partial charge in [-0.3, -0.25) is 0 Å². The maximum absolute atomic E-state index is 4.55. The Hall–Kier alpha value is -0.370. The number of nitrogens with zero attached hydrogens (tertiary/aromatic N) is 1. The second kappa shape index (κ2) is 6.18. The van der Waals surface area contributed by atoms with Crippen LogP contribution in [0.4, 0.5) is 0 Å². The van der Waals surface area contributed by atoms with Crippen molar-refractivity contribution in [2.45, 2.75) is 59.3 Å². The van der Waals surface area contributed by atoms with Crippen LogP contribution in [0, 0.1) is 13.8 Å². The molecule has 80 valence electrons. The fraction of sp³-hybridized carbons (Fsp3) is 0.750. The van der Waals surface area contributed by atoms with Gasteiger partial charge in [0.2, 0.25) is 0 Å². The van der Waals surface area contributed by atoms with Crippen LogP contribution >= 0.6 is 11.3 Å². The first-order chi connectivity index (χ1) is 6.74. The van der Waals surface area contributed by atoms with E-state index < -0.39 is 0 Å². The average molecular weight is 211 g/mol. The third kappa shape index (κ3) is 3.79. The van der Waals surface area contributed by atoms with Gasteiger partial charge >= 0.3 is 0 Å². The van der Waals surface area contributed by atoms with Crippen molar-refractivity contribution in [3.63, 3.8) is 0 Å². The van der Waals surface area contributed by atoms with Crippen molar-refractivity contribution in [2.75, 3.05) is 0 Å². The summed E-state index contributed by atoms with van der Waals surface area (Å²) in [4.78, 5) is 5.93. The predicted octanol–water partition coefficient (Wildman–Crippen LogP) is 4.27. The number of aromatic nitrogens is 1. The van der Waals surface area contributed by atoms with Gasteiger partial charge in [0.15, 0.2) is 0 Å². The van der Waals surface area contributed by atoms with Crippen molar-refractivity contribution in [2.24, 2.45) is 0 Å². The van der Waals surface area contributed by atoms with E-state index in [1.807, 2.05) is 11.3 Å². The van der Waals surface area contributed by atoms with E-state index in [0.717, 1.165) is 0 Å². The van der Waals surface area contributed by atoms with E-state index in [9.17, 15) is 0 Å². The molecule has 14 heavy (non-hydrogen) atoms. The molecule has 0 aromatic carbocycles. The van der Waals surface area contributed by atoms with Gasteiger partial charge in [0.05, 0.1) is 10.7 Å². The van der Waals surface area contributed by atoms with Crippen LogP contribution in [0.15, 0.2) is 0 Å². The molecule has 1 nitrogen and oxygen atoms in total. The fourth-order valence-corrected chi connectivity index (χ4v) is 2.50. The summed E-state index contributed by atoms with van der Waals surface area (Å²) in [5.74, 6) is 0. The highest BCUT2D eigenvalue weighted by atomic mass is 32.1. The first kappa shape index (κ1) is 11.7. The lowest BCUT2D eigenvalue weighted by molar-refractivity contribution is 0.631. The molecule has 2 heteroatoms. The minimum atomic E-state index is 1.18. The molecule has 0 saturated heterocycles. The third-order valence-electron chi connectivity index (χ3n) is 2.57. The molecule has 0 aliphatic carbocycles. The van der Waals surface area contributed by atoms with Gasteiger partial charge < -0.3 is 0 Å². The van der Waals surface area contributed by atoms with Crippen molar-refractivity contribution in [1.29, 1.82) is 0 Å². The molecule has 1 aromatic rings. The summed E-state index contributed by atoms with van der Waals surface area (Å²) < 4.78 is 0. The molecule has 0 spiro atoms. The molecule has 0 atom stereocenters. The molecule has 0 aliphatic rings. The molecule has 0 fully saturated rings. The normalized spacial score (nSPS) is 10.8. The second-order valence-electron chi connectivity index (χ2n) is 3.91. The molecule has 0 bridgehead atoms. The summed E-state index contributed by atoms with van der Waals surface area (Å²) in [6.07, 6.45) is 7.96. The predicted molar refractivity (Wildman–Crippen MR) is 64.1 cm³/mol. The van der Waals surface area contributed by atoms with E-state index in [-0.39, 0.29) is 0 Å². The molecule has 0 aliphatic heterocycles. The summed E-state index contributed by atoms with van der Waals surface area (Å²) in [7, 11) is 0. The van der Waals surface area contributed by atoms with Gasteiger partial charge in [0.25, 0.3) is 0 Å². The first-order valence-electron chi connectivity index (χ1n) is 5.67.